The minimum Gasteiger partial charge on any atom is -0.481 e. The van der Waals surface area contributed by atoms with E-state index < -0.39 is 30.4 Å². The third kappa shape index (κ3) is 5.39. The van der Waals surface area contributed by atoms with Crippen LogP contribution in [0.25, 0.3) is 11.1 Å². The van der Waals surface area contributed by atoms with Crippen LogP contribution in [0.5, 0.6) is 0 Å². The summed E-state index contributed by atoms with van der Waals surface area (Å²) in [5, 5.41) is 14.6. The van der Waals surface area contributed by atoms with Crippen LogP contribution < -0.4 is 10.6 Å². The molecule has 1 aliphatic heterocycles. The average Bonchev–Trinajstić information content (AvgIpc) is 3.16. The van der Waals surface area contributed by atoms with Gasteiger partial charge in [0.05, 0.1) is 6.42 Å². The van der Waals surface area contributed by atoms with Crippen molar-refractivity contribution in [3.05, 3.63) is 59.7 Å². The Hall–Kier alpha value is -3.39. The van der Waals surface area contributed by atoms with E-state index in [4.69, 9.17) is 4.74 Å². The number of benzene rings is 2. The van der Waals surface area contributed by atoms with Gasteiger partial charge >= 0.3 is 12.1 Å². The van der Waals surface area contributed by atoms with E-state index in [0.717, 1.165) is 54.7 Å². The molecule has 8 nitrogen and oxygen atoms in total. The number of hydrogen-bond acceptors (Lipinski definition) is 5. The van der Waals surface area contributed by atoms with Gasteiger partial charge in [-0.15, -0.1) is 0 Å². The monoisotopic (exact) mass is 465 g/mol. The van der Waals surface area contributed by atoms with Crippen molar-refractivity contribution in [2.24, 2.45) is 0 Å². The Morgan fingerprint density at radius 1 is 1.03 bits per heavy atom. The number of carboxylic acid groups (broad SMARTS) is 1. The Morgan fingerprint density at radius 3 is 2.18 bits per heavy atom. The lowest BCUT2D eigenvalue weighted by atomic mass is 9.98. The number of amides is 2. The van der Waals surface area contributed by atoms with Gasteiger partial charge < -0.3 is 25.4 Å². The molecule has 1 fully saturated rings. The average molecular weight is 466 g/mol. The number of likely N-dealkylation sites (tertiary alicyclic amines) is 1. The zero-order valence-corrected chi connectivity index (χ0v) is 19.3. The quantitative estimate of drug-likeness (QED) is 0.553. The molecule has 1 heterocycles. The van der Waals surface area contributed by atoms with Crippen LogP contribution in [-0.2, 0) is 14.3 Å². The van der Waals surface area contributed by atoms with E-state index in [1.807, 2.05) is 48.5 Å². The summed E-state index contributed by atoms with van der Waals surface area (Å²) in [6.45, 7) is 4.91. The maximum absolute atomic E-state index is 12.8. The predicted molar refractivity (Wildman–Crippen MR) is 128 cm³/mol. The van der Waals surface area contributed by atoms with Crippen LogP contribution in [0.3, 0.4) is 0 Å². The van der Waals surface area contributed by atoms with Gasteiger partial charge in [-0.2, -0.15) is 0 Å². The minimum atomic E-state index is -1.20. The summed E-state index contributed by atoms with van der Waals surface area (Å²) in [5.74, 6) is -1.78. The molecule has 4 rings (SSSR count). The molecule has 0 bridgehead atoms. The number of rotatable bonds is 8. The SMILES string of the molecule is CCN1CCC(NC(=O)C(CC(=O)O)NC(=O)OCC2c3ccccc3-c3ccccc32)CC1. The van der Waals surface area contributed by atoms with E-state index in [2.05, 4.69) is 22.5 Å². The van der Waals surface area contributed by atoms with Gasteiger partial charge in [-0.05, 0) is 41.6 Å². The van der Waals surface area contributed by atoms with Crippen LogP contribution in [0.2, 0.25) is 0 Å². The first-order valence-electron chi connectivity index (χ1n) is 11.8. The molecule has 1 aliphatic carbocycles. The number of nitrogens with zero attached hydrogens (tertiary/aromatic N) is 1. The van der Waals surface area contributed by atoms with Gasteiger partial charge in [0, 0.05) is 25.0 Å². The van der Waals surface area contributed by atoms with Crippen molar-refractivity contribution in [2.45, 2.75) is 44.2 Å². The molecule has 34 heavy (non-hydrogen) atoms. The number of alkyl carbamates (subject to hydrolysis) is 1. The Morgan fingerprint density at radius 2 is 1.62 bits per heavy atom. The number of nitrogens with one attached hydrogen (secondary N) is 2. The van der Waals surface area contributed by atoms with E-state index in [-0.39, 0.29) is 18.6 Å². The van der Waals surface area contributed by atoms with Crippen molar-refractivity contribution in [2.75, 3.05) is 26.2 Å². The van der Waals surface area contributed by atoms with Crippen molar-refractivity contribution in [1.29, 1.82) is 0 Å². The van der Waals surface area contributed by atoms with Crippen LogP contribution in [0.15, 0.2) is 48.5 Å². The molecule has 2 aliphatic rings. The Labute approximate surface area is 199 Å². The van der Waals surface area contributed by atoms with E-state index in [1.165, 1.54) is 0 Å². The normalized spacial score (nSPS) is 16.9. The number of fused-ring (bicyclic) bond motifs is 3. The number of hydrogen-bond donors (Lipinski definition) is 3. The van der Waals surface area contributed by atoms with Gasteiger partial charge in [0.2, 0.25) is 5.91 Å². The van der Waals surface area contributed by atoms with Crippen LogP contribution in [-0.4, -0.2) is 66.3 Å². The fourth-order valence-electron chi connectivity index (χ4n) is 4.86. The zero-order chi connectivity index (χ0) is 24.1. The minimum absolute atomic E-state index is 0.0316. The van der Waals surface area contributed by atoms with Gasteiger partial charge in [-0.25, -0.2) is 4.79 Å². The molecule has 2 aromatic carbocycles. The molecular weight excluding hydrogens is 434 g/mol. The first kappa shape index (κ1) is 23.8. The highest BCUT2D eigenvalue weighted by Gasteiger charge is 2.31. The number of carbonyl (C=O) groups excluding carboxylic acids is 2. The molecule has 1 saturated heterocycles. The molecule has 0 spiro atoms. The number of aliphatic carboxylic acids is 1. The molecule has 0 saturated carbocycles. The second-order valence-corrected chi connectivity index (χ2v) is 8.84. The van der Waals surface area contributed by atoms with Gasteiger partial charge in [0.1, 0.15) is 12.6 Å². The second-order valence-electron chi connectivity index (χ2n) is 8.84. The zero-order valence-electron chi connectivity index (χ0n) is 19.3. The number of ether oxygens (including phenoxy) is 1. The van der Waals surface area contributed by atoms with E-state index in [9.17, 15) is 19.5 Å². The lowest BCUT2D eigenvalue weighted by molar-refractivity contribution is -0.140. The Kier molecular flexibility index (Phi) is 7.47. The van der Waals surface area contributed by atoms with Gasteiger partial charge in [-0.1, -0.05) is 55.5 Å². The largest absolute Gasteiger partial charge is 0.481 e. The number of piperidine rings is 1. The third-order valence-corrected chi connectivity index (χ3v) is 6.71. The molecule has 2 amide bonds. The maximum Gasteiger partial charge on any atom is 0.407 e. The summed E-state index contributed by atoms with van der Waals surface area (Å²) in [6.07, 6.45) is 0.280. The predicted octanol–water partition coefficient (Wildman–Crippen LogP) is 2.97. The van der Waals surface area contributed by atoms with Gasteiger partial charge in [0.25, 0.3) is 0 Å². The van der Waals surface area contributed by atoms with E-state index in [0.29, 0.717) is 0 Å². The lowest BCUT2D eigenvalue weighted by Crippen LogP contribution is -2.52. The van der Waals surface area contributed by atoms with Crippen LogP contribution in [0, 0.1) is 0 Å². The van der Waals surface area contributed by atoms with E-state index >= 15 is 0 Å². The maximum atomic E-state index is 12.8. The van der Waals surface area contributed by atoms with Crippen molar-refractivity contribution >= 4 is 18.0 Å². The molecule has 3 N–H and O–H groups in total. The van der Waals surface area contributed by atoms with Crippen molar-refractivity contribution < 1.29 is 24.2 Å². The lowest BCUT2D eigenvalue weighted by Gasteiger charge is -2.32. The highest BCUT2D eigenvalue weighted by molar-refractivity contribution is 5.89. The van der Waals surface area contributed by atoms with Crippen LogP contribution in [0.4, 0.5) is 4.79 Å². The molecule has 8 heteroatoms. The first-order chi connectivity index (χ1) is 16.5. The number of carbonyl (C=O) groups is 3. The first-order valence-corrected chi connectivity index (χ1v) is 11.8. The molecule has 0 aromatic heterocycles. The standard InChI is InChI=1S/C26H31N3O5/c1-2-29-13-11-17(12-14-29)27-25(32)23(15-24(30)31)28-26(33)34-16-22-20-9-5-3-7-18(20)19-8-4-6-10-21(19)22/h3-10,17,22-23H,2,11-16H2,1H3,(H,27,32)(H,28,33)(H,30,31). The summed E-state index contributed by atoms with van der Waals surface area (Å²) < 4.78 is 5.49. The van der Waals surface area contributed by atoms with Crippen LogP contribution in [0.1, 0.15) is 43.2 Å². The molecule has 0 radical (unpaired) electrons. The van der Waals surface area contributed by atoms with Gasteiger partial charge in [-0.3, -0.25) is 9.59 Å². The summed E-state index contributed by atoms with van der Waals surface area (Å²) >= 11 is 0. The molecular formula is C26H31N3O5. The topological polar surface area (TPSA) is 108 Å². The molecule has 1 unspecified atom stereocenters. The summed E-state index contributed by atoms with van der Waals surface area (Å²) in [6, 6.07) is 14.8. The van der Waals surface area contributed by atoms with Crippen molar-refractivity contribution in [3.63, 3.8) is 0 Å². The molecule has 2 aromatic rings. The van der Waals surface area contributed by atoms with Crippen LogP contribution >= 0.6 is 0 Å². The number of carboxylic acids is 1. The second kappa shape index (κ2) is 10.7. The summed E-state index contributed by atoms with van der Waals surface area (Å²) in [5.41, 5.74) is 4.39. The van der Waals surface area contributed by atoms with Crippen molar-refractivity contribution in [3.8, 4) is 11.1 Å². The summed E-state index contributed by atoms with van der Waals surface area (Å²) in [4.78, 5) is 39.0. The smallest absolute Gasteiger partial charge is 0.407 e. The molecule has 1 atom stereocenters. The molecule has 180 valence electrons. The highest BCUT2D eigenvalue weighted by Crippen LogP contribution is 2.44. The van der Waals surface area contributed by atoms with E-state index in [1.54, 1.807) is 0 Å². The Bertz CT molecular complexity index is 1000. The van der Waals surface area contributed by atoms with Crippen molar-refractivity contribution in [1.82, 2.24) is 15.5 Å². The van der Waals surface area contributed by atoms with Gasteiger partial charge in [0.15, 0.2) is 0 Å². The highest BCUT2D eigenvalue weighted by atomic mass is 16.5. The summed E-state index contributed by atoms with van der Waals surface area (Å²) in [7, 11) is 0. The fraction of sp³-hybridized carbons (Fsp3) is 0.423. The fourth-order valence-corrected chi connectivity index (χ4v) is 4.86. The Balaban J connectivity index is 1.36. The third-order valence-electron chi connectivity index (χ3n) is 6.71.